The van der Waals surface area contributed by atoms with Crippen molar-refractivity contribution in [1.82, 2.24) is 9.97 Å². The highest BCUT2D eigenvalue weighted by Gasteiger charge is 2.18. The second kappa shape index (κ2) is 7.73. The number of hydrogen-bond acceptors (Lipinski definition) is 7. The maximum Gasteiger partial charge on any atom is 0.319 e. The van der Waals surface area contributed by atoms with Crippen LogP contribution in [0.1, 0.15) is 24.4 Å². The first-order valence-electron chi connectivity index (χ1n) is 8.16. The Morgan fingerprint density at radius 3 is 2.77 bits per heavy atom. The Morgan fingerprint density at radius 2 is 2.04 bits per heavy atom. The van der Waals surface area contributed by atoms with Crippen molar-refractivity contribution in [3.8, 4) is 17.6 Å². The molecule has 0 fully saturated rings. The number of aromatic nitrogens is 2. The Labute approximate surface area is 150 Å². The van der Waals surface area contributed by atoms with E-state index in [4.69, 9.17) is 18.6 Å². The SMILES string of the molecule is CCOc1ncc(NC(=O)c2cc3cccc(OC)c3o2)c(OCC)n1. The Hall–Kier alpha value is -3.29. The maximum atomic E-state index is 12.6. The normalized spacial score (nSPS) is 10.6. The number of carbonyl (C=O) groups excluding carboxylic acids is 1. The van der Waals surface area contributed by atoms with Gasteiger partial charge in [0.15, 0.2) is 17.1 Å². The number of ether oxygens (including phenoxy) is 3. The molecule has 3 rings (SSSR count). The Kier molecular flexibility index (Phi) is 5.21. The van der Waals surface area contributed by atoms with Crippen LogP contribution < -0.4 is 19.5 Å². The van der Waals surface area contributed by atoms with Crippen LogP contribution >= 0.6 is 0 Å². The van der Waals surface area contributed by atoms with Gasteiger partial charge in [0, 0.05) is 5.39 Å². The molecule has 1 N–H and O–H groups in total. The fourth-order valence-corrected chi connectivity index (χ4v) is 2.37. The Morgan fingerprint density at radius 1 is 1.23 bits per heavy atom. The Balaban J connectivity index is 1.87. The third kappa shape index (κ3) is 3.53. The van der Waals surface area contributed by atoms with Gasteiger partial charge >= 0.3 is 6.01 Å². The maximum absolute atomic E-state index is 12.6. The number of rotatable bonds is 7. The zero-order valence-corrected chi connectivity index (χ0v) is 14.7. The molecule has 8 nitrogen and oxygen atoms in total. The lowest BCUT2D eigenvalue weighted by molar-refractivity contribution is 0.0997. The summed E-state index contributed by atoms with van der Waals surface area (Å²) in [5.41, 5.74) is 0.834. The van der Waals surface area contributed by atoms with Crippen molar-refractivity contribution in [2.75, 3.05) is 25.6 Å². The van der Waals surface area contributed by atoms with Gasteiger partial charge in [-0.05, 0) is 26.0 Å². The van der Waals surface area contributed by atoms with Crippen LogP contribution in [-0.4, -0.2) is 36.2 Å². The van der Waals surface area contributed by atoms with Gasteiger partial charge in [0.2, 0.25) is 5.88 Å². The summed E-state index contributed by atoms with van der Waals surface area (Å²) >= 11 is 0. The molecule has 1 amide bonds. The molecular weight excluding hydrogens is 338 g/mol. The summed E-state index contributed by atoms with van der Waals surface area (Å²) in [6.45, 7) is 4.46. The lowest BCUT2D eigenvalue weighted by Gasteiger charge is -2.10. The smallest absolute Gasteiger partial charge is 0.319 e. The van der Waals surface area contributed by atoms with Gasteiger partial charge in [0.05, 0.1) is 26.5 Å². The topological polar surface area (TPSA) is 95.7 Å². The van der Waals surface area contributed by atoms with Crippen molar-refractivity contribution >= 4 is 22.6 Å². The van der Waals surface area contributed by atoms with E-state index in [9.17, 15) is 4.79 Å². The zero-order chi connectivity index (χ0) is 18.5. The van der Waals surface area contributed by atoms with Crippen LogP contribution in [-0.2, 0) is 0 Å². The molecule has 0 unspecified atom stereocenters. The van der Waals surface area contributed by atoms with Gasteiger partial charge in [-0.25, -0.2) is 4.98 Å². The van der Waals surface area contributed by atoms with Gasteiger partial charge < -0.3 is 23.9 Å². The molecule has 0 saturated carbocycles. The average Bonchev–Trinajstić information content (AvgIpc) is 3.08. The monoisotopic (exact) mass is 357 g/mol. The molecule has 2 heterocycles. The van der Waals surface area contributed by atoms with Gasteiger partial charge in [-0.1, -0.05) is 12.1 Å². The minimum Gasteiger partial charge on any atom is -0.493 e. The fourth-order valence-electron chi connectivity index (χ4n) is 2.37. The van der Waals surface area contributed by atoms with E-state index in [1.165, 1.54) is 6.20 Å². The second-order valence-electron chi connectivity index (χ2n) is 5.18. The molecule has 0 spiro atoms. The van der Waals surface area contributed by atoms with Crippen molar-refractivity contribution in [3.63, 3.8) is 0 Å². The predicted octanol–water partition coefficient (Wildman–Crippen LogP) is 3.28. The number of carbonyl (C=O) groups is 1. The average molecular weight is 357 g/mol. The highest BCUT2D eigenvalue weighted by atomic mass is 16.5. The first-order valence-corrected chi connectivity index (χ1v) is 8.16. The molecule has 26 heavy (non-hydrogen) atoms. The summed E-state index contributed by atoms with van der Waals surface area (Å²) in [5, 5.41) is 3.47. The molecular formula is C18H19N3O5. The Bertz CT molecular complexity index is 922. The fraction of sp³-hybridized carbons (Fsp3) is 0.278. The zero-order valence-electron chi connectivity index (χ0n) is 14.7. The third-order valence-electron chi connectivity index (χ3n) is 3.49. The highest BCUT2D eigenvalue weighted by molar-refractivity contribution is 6.05. The summed E-state index contributed by atoms with van der Waals surface area (Å²) in [6.07, 6.45) is 1.43. The molecule has 0 aliphatic rings. The molecule has 0 atom stereocenters. The molecule has 136 valence electrons. The lowest BCUT2D eigenvalue weighted by Crippen LogP contribution is -2.13. The molecule has 0 bridgehead atoms. The van der Waals surface area contributed by atoms with Crippen molar-refractivity contribution in [2.24, 2.45) is 0 Å². The molecule has 1 aromatic carbocycles. The van der Waals surface area contributed by atoms with E-state index in [0.29, 0.717) is 30.2 Å². The van der Waals surface area contributed by atoms with Gasteiger partial charge in [-0.15, -0.1) is 0 Å². The predicted molar refractivity (Wildman–Crippen MR) is 95.1 cm³/mol. The number of benzene rings is 1. The number of amides is 1. The molecule has 2 aromatic heterocycles. The molecule has 0 aliphatic heterocycles. The molecule has 0 saturated heterocycles. The van der Waals surface area contributed by atoms with E-state index in [-0.39, 0.29) is 17.7 Å². The van der Waals surface area contributed by atoms with Crippen LogP contribution in [0.3, 0.4) is 0 Å². The van der Waals surface area contributed by atoms with Crippen molar-refractivity contribution in [2.45, 2.75) is 13.8 Å². The number of fused-ring (bicyclic) bond motifs is 1. The number of nitrogens with one attached hydrogen (secondary N) is 1. The van der Waals surface area contributed by atoms with E-state index in [2.05, 4.69) is 15.3 Å². The van der Waals surface area contributed by atoms with Gasteiger partial charge in [-0.2, -0.15) is 4.98 Å². The van der Waals surface area contributed by atoms with Crippen LogP contribution in [0, 0.1) is 0 Å². The summed E-state index contributed by atoms with van der Waals surface area (Å²) in [4.78, 5) is 20.8. The van der Waals surface area contributed by atoms with Crippen LogP contribution in [0.15, 0.2) is 34.9 Å². The summed E-state index contributed by atoms with van der Waals surface area (Å²) < 4.78 is 21.6. The summed E-state index contributed by atoms with van der Waals surface area (Å²) in [5.74, 6) is 0.478. The number of furan rings is 1. The summed E-state index contributed by atoms with van der Waals surface area (Å²) in [7, 11) is 1.54. The van der Waals surface area contributed by atoms with Crippen LogP contribution in [0.4, 0.5) is 5.69 Å². The van der Waals surface area contributed by atoms with Crippen LogP contribution in [0.25, 0.3) is 11.0 Å². The third-order valence-corrected chi connectivity index (χ3v) is 3.49. The van der Waals surface area contributed by atoms with E-state index < -0.39 is 5.91 Å². The minimum absolute atomic E-state index is 0.140. The van der Waals surface area contributed by atoms with Gasteiger partial charge in [0.1, 0.15) is 5.69 Å². The number of hydrogen-bond donors (Lipinski definition) is 1. The minimum atomic E-state index is -0.447. The highest BCUT2D eigenvalue weighted by Crippen LogP contribution is 2.29. The van der Waals surface area contributed by atoms with Crippen molar-refractivity contribution in [3.05, 3.63) is 36.2 Å². The van der Waals surface area contributed by atoms with Crippen molar-refractivity contribution < 1.29 is 23.4 Å². The van der Waals surface area contributed by atoms with Gasteiger partial charge in [0.25, 0.3) is 5.91 Å². The number of methoxy groups -OCH3 is 1. The lowest BCUT2D eigenvalue weighted by atomic mass is 10.2. The number of anilines is 1. The van der Waals surface area contributed by atoms with E-state index in [1.807, 2.05) is 26.0 Å². The van der Waals surface area contributed by atoms with Crippen LogP contribution in [0.5, 0.6) is 17.6 Å². The van der Waals surface area contributed by atoms with Crippen molar-refractivity contribution in [1.29, 1.82) is 0 Å². The first kappa shape index (κ1) is 17.5. The number of nitrogens with zero attached hydrogens (tertiary/aromatic N) is 2. The van der Waals surface area contributed by atoms with Crippen LogP contribution in [0.2, 0.25) is 0 Å². The quantitative estimate of drug-likeness (QED) is 0.693. The van der Waals surface area contributed by atoms with E-state index in [1.54, 1.807) is 19.2 Å². The first-order chi connectivity index (χ1) is 12.7. The standard InChI is InChI=1S/C18H19N3O5/c1-4-24-17-12(10-19-18(21-17)25-5-2)20-16(22)14-9-11-7-6-8-13(23-3)15(11)26-14/h6-10H,4-5H2,1-3H3,(H,20,22). The second-order valence-corrected chi connectivity index (χ2v) is 5.18. The van der Waals surface area contributed by atoms with E-state index >= 15 is 0 Å². The van der Waals surface area contributed by atoms with E-state index in [0.717, 1.165) is 5.39 Å². The number of para-hydroxylation sites is 1. The largest absolute Gasteiger partial charge is 0.493 e. The molecule has 0 radical (unpaired) electrons. The molecule has 0 aliphatic carbocycles. The van der Waals surface area contributed by atoms with Gasteiger partial charge in [-0.3, -0.25) is 4.79 Å². The molecule has 3 aromatic rings. The molecule has 8 heteroatoms. The summed E-state index contributed by atoms with van der Waals surface area (Å²) in [6, 6.07) is 7.25.